The zero-order valence-electron chi connectivity index (χ0n) is 13.9. The van der Waals surface area contributed by atoms with E-state index in [0.29, 0.717) is 12.3 Å². The summed E-state index contributed by atoms with van der Waals surface area (Å²) in [6, 6.07) is 7.13. The van der Waals surface area contributed by atoms with Gasteiger partial charge < -0.3 is 14.5 Å². The first-order valence-electron chi connectivity index (χ1n) is 7.56. The summed E-state index contributed by atoms with van der Waals surface area (Å²) in [6.45, 7) is 5.65. The molecule has 22 heavy (non-hydrogen) atoms. The van der Waals surface area contributed by atoms with Gasteiger partial charge in [0.25, 0.3) is 0 Å². The lowest BCUT2D eigenvalue weighted by atomic mass is 10.0. The van der Waals surface area contributed by atoms with Crippen LogP contribution in [-0.4, -0.2) is 41.8 Å². The Morgan fingerprint density at radius 1 is 1.27 bits per heavy atom. The minimum atomic E-state index is -0.380. The van der Waals surface area contributed by atoms with E-state index in [4.69, 9.17) is 4.74 Å². The quantitative estimate of drug-likeness (QED) is 0.858. The molecule has 2 rings (SSSR count). The molecule has 1 fully saturated rings. The molecule has 1 aliphatic rings. The molecule has 5 heteroatoms. The molecule has 0 aromatic heterocycles. The lowest BCUT2D eigenvalue weighted by Crippen LogP contribution is -2.39. The number of benzene rings is 1. The van der Waals surface area contributed by atoms with E-state index >= 15 is 0 Å². The number of rotatable bonds is 4. The molecule has 0 bridgehead atoms. The van der Waals surface area contributed by atoms with Gasteiger partial charge in [-0.2, -0.15) is 0 Å². The molecule has 0 N–H and O–H groups in total. The number of amides is 2. The first kappa shape index (κ1) is 16.3. The number of nitrogens with zero attached hydrogens (tertiary/aromatic N) is 2. The smallest absolute Gasteiger partial charge is 0.247 e. The van der Waals surface area contributed by atoms with Crippen molar-refractivity contribution in [1.82, 2.24) is 9.80 Å². The highest BCUT2D eigenvalue weighted by Crippen LogP contribution is 2.36. The van der Waals surface area contributed by atoms with Crippen LogP contribution in [0.15, 0.2) is 24.3 Å². The highest BCUT2D eigenvalue weighted by Gasteiger charge is 2.46. The third kappa shape index (κ3) is 2.93. The van der Waals surface area contributed by atoms with E-state index in [1.54, 1.807) is 24.0 Å². The molecule has 0 saturated carbocycles. The minimum absolute atomic E-state index is 0.00437. The van der Waals surface area contributed by atoms with Crippen LogP contribution in [0.4, 0.5) is 0 Å². The van der Waals surface area contributed by atoms with Crippen LogP contribution < -0.4 is 4.74 Å². The van der Waals surface area contributed by atoms with Gasteiger partial charge in [-0.1, -0.05) is 26.0 Å². The van der Waals surface area contributed by atoms with Crippen molar-refractivity contribution in [2.45, 2.75) is 39.4 Å². The summed E-state index contributed by atoms with van der Waals surface area (Å²) in [6.07, 6.45) is 0.328. The topological polar surface area (TPSA) is 49.9 Å². The maximum atomic E-state index is 12.6. The molecule has 1 aromatic rings. The van der Waals surface area contributed by atoms with E-state index in [-0.39, 0.29) is 24.0 Å². The van der Waals surface area contributed by atoms with Crippen molar-refractivity contribution in [3.05, 3.63) is 29.8 Å². The van der Waals surface area contributed by atoms with E-state index < -0.39 is 0 Å². The lowest BCUT2D eigenvalue weighted by Gasteiger charge is -2.30. The van der Waals surface area contributed by atoms with Gasteiger partial charge in [-0.25, -0.2) is 0 Å². The van der Waals surface area contributed by atoms with E-state index in [1.807, 2.05) is 24.3 Å². The first-order valence-corrected chi connectivity index (χ1v) is 7.56. The second-order valence-corrected chi connectivity index (χ2v) is 6.17. The van der Waals surface area contributed by atoms with E-state index in [2.05, 4.69) is 13.8 Å². The molecule has 2 unspecified atom stereocenters. The number of likely N-dealkylation sites (N-methyl/N-ethyl adjacent to an activating group) is 1. The number of methoxy groups -OCH3 is 1. The van der Waals surface area contributed by atoms with E-state index in [1.165, 1.54) is 6.92 Å². The van der Waals surface area contributed by atoms with Gasteiger partial charge in [0.05, 0.1) is 7.11 Å². The van der Waals surface area contributed by atoms with Gasteiger partial charge in [0.15, 0.2) is 0 Å². The Labute approximate surface area is 131 Å². The Kier molecular flexibility index (Phi) is 4.74. The Morgan fingerprint density at radius 3 is 2.32 bits per heavy atom. The normalized spacial score (nSPS) is 21.6. The molecule has 1 aromatic carbocycles. The summed E-state index contributed by atoms with van der Waals surface area (Å²) in [5.74, 6) is 1.02. The molecule has 1 saturated heterocycles. The van der Waals surface area contributed by atoms with Crippen LogP contribution in [-0.2, 0) is 9.59 Å². The number of carbonyl (C=O) groups excluding carboxylic acids is 2. The molecule has 0 spiro atoms. The van der Waals surface area contributed by atoms with E-state index in [9.17, 15) is 9.59 Å². The highest BCUT2D eigenvalue weighted by molar-refractivity contribution is 5.90. The van der Waals surface area contributed by atoms with Gasteiger partial charge in [-0.05, 0) is 30.0 Å². The van der Waals surface area contributed by atoms with Crippen LogP contribution in [0, 0.1) is 5.92 Å². The summed E-state index contributed by atoms with van der Waals surface area (Å²) in [7, 11) is 3.37. The van der Waals surface area contributed by atoms with Crippen LogP contribution in [0.25, 0.3) is 0 Å². The van der Waals surface area contributed by atoms with Crippen LogP contribution in [0.5, 0.6) is 5.75 Å². The van der Waals surface area contributed by atoms with Crippen molar-refractivity contribution in [2.75, 3.05) is 14.2 Å². The summed E-state index contributed by atoms with van der Waals surface area (Å²) >= 11 is 0. The Morgan fingerprint density at radius 2 is 1.86 bits per heavy atom. The molecule has 120 valence electrons. The number of hydrogen-bond acceptors (Lipinski definition) is 3. The molecule has 1 heterocycles. The maximum Gasteiger partial charge on any atom is 0.247 e. The zero-order chi connectivity index (χ0) is 16.4. The fourth-order valence-electron chi connectivity index (χ4n) is 3.04. The highest BCUT2D eigenvalue weighted by atomic mass is 16.5. The van der Waals surface area contributed by atoms with Gasteiger partial charge in [-0.15, -0.1) is 0 Å². The summed E-state index contributed by atoms with van der Waals surface area (Å²) in [5.41, 5.74) is 0.915. The first-order chi connectivity index (χ1) is 10.4. The van der Waals surface area contributed by atoms with Crippen LogP contribution in [0.3, 0.4) is 0 Å². The van der Waals surface area contributed by atoms with Gasteiger partial charge >= 0.3 is 0 Å². The SMILES string of the molecule is COc1ccc(C2N(C)C(=O)C(CC(C)C)N2C(C)=O)cc1. The lowest BCUT2D eigenvalue weighted by molar-refractivity contribution is -0.135. The third-order valence-corrected chi connectivity index (χ3v) is 4.07. The minimum Gasteiger partial charge on any atom is -0.497 e. The number of carbonyl (C=O) groups is 2. The van der Waals surface area contributed by atoms with Gasteiger partial charge in [0, 0.05) is 14.0 Å². The second-order valence-electron chi connectivity index (χ2n) is 6.17. The second kappa shape index (κ2) is 6.38. The molecular weight excluding hydrogens is 280 g/mol. The molecular formula is C17H24N2O3. The van der Waals surface area contributed by atoms with Crippen molar-refractivity contribution >= 4 is 11.8 Å². The monoisotopic (exact) mass is 304 g/mol. The van der Waals surface area contributed by atoms with E-state index in [0.717, 1.165) is 11.3 Å². The standard InChI is InChI=1S/C17H24N2O3/c1-11(2)10-15-17(21)18(4)16(19(15)12(3)20)13-6-8-14(22-5)9-7-13/h6-9,11,15-16H,10H2,1-5H3. The zero-order valence-corrected chi connectivity index (χ0v) is 13.9. The fraction of sp³-hybridized carbons (Fsp3) is 0.529. The van der Waals surface area contributed by atoms with Crippen molar-refractivity contribution < 1.29 is 14.3 Å². The summed E-state index contributed by atoms with van der Waals surface area (Å²) < 4.78 is 5.17. The van der Waals surface area contributed by atoms with Gasteiger partial charge in [-0.3, -0.25) is 9.59 Å². The van der Waals surface area contributed by atoms with Crippen molar-refractivity contribution in [3.63, 3.8) is 0 Å². The molecule has 2 atom stereocenters. The molecule has 5 nitrogen and oxygen atoms in total. The molecule has 0 aliphatic carbocycles. The predicted octanol–water partition coefficient (Wildman–Crippen LogP) is 2.43. The Hall–Kier alpha value is -2.04. The molecule has 2 amide bonds. The van der Waals surface area contributed by atoms with Crippen molar-refractivity contribution in [2.24, 2.45) is 5.92 Å². The van der Waals surface area contributed by atoms with Crippen LogP contribution in [0.2, 0.25) is 0 Å². The summed E-state index contributed by atoms with van der Waals surface area (Å²) in [5, 5.41) is 0. The largest absolute Gasteiger partial charge is 0.497 e. The van der Waals surface area contributed by atoms with Crippen molar-refractivity contribution in [1.29, 1.82) is 0 Å². The van der Waals surface area contributed by atoms with Gasteiger partial charge in [0.1, 0.15) is 18.0 Å². The Balaban J connectivity index is 2.38. The molecule has 1 aliphatic heterocycles. The third-order valence-electron chi connectivity index (χ3n) is 4.07. The average molecular weight is 304 g/mol. The summed E-state index contributed by atoms with van der Waals surface area (Å²) in [4.78, 5) is 28.1. The van der Waals surface area contributed by atoms with Crippen LogP contribution >= 0.6 is 0 Å². The average Bonchev–Trinajstić information content (AvgIpc) is 2.72. The van der Waals surface area contributed by atoms with Crippen LogP contribution in [0.1, 0.15) is 38.9 Å². The fourth-order valence-corrected chi connectivity index (χ4v) is 3.04. The van der Waals surface area contributed by atoms with Crippen molar-refractivity contribution in [3.8, 4) is 5.75 Å². The number of hydrogen-bond donors (Lipinski definition) is 0. The van der Waals surface area contributed by atoms with Gasteiger partial charge in [0.2, 0.25) is 11.8 Å². The molecule has 0 radical (unpaired) electrons. The predicted molar refractivity (Wildman–Crippen MR) is 84.3 cm³/mol. The Bertz CT molecular complexity index is 554. The number of ether oxygens (including phenoxy) is 1. The maximum absolute atomic E-state index is 12.6.